The number of allylic oxidation sites excluding steroid dienone is 2. The first kappa shape index (κ1) is 17.7. The lowest BCUT2D eigenvalue weighted by Gasteiger charge is -2.63. The van der Waals surface area contributed by atoms with Gasteiger partial charge in [-0.3, -0.25) is 9.59 Å². The van der Waals surface area contributed by atoms with Crippen molar-refractivity contribution in [3.05, 3.63) is 11.1 Å². The Kier molecular flexibility index (Phi) is 4.21. The number of ether oxygens (including phenoxy) is 1. The van der Waals surface area contributed by atoms with Gasteiger partial charge in [-0.05, 0) is 80.6 Å². The number of aldehydes is 1. The zero-order valence-electron chi connectivity index (χ0n) is 15.9. The van der Waals surface area contributed by atoms with Gasteiger partial charge in [0.1, 0.15) is 6.29 Å². The van der Waals surface area contributed by atoms with Crippen molar-refractivity contribution in [1.29, 1.82) is 0 Å². The van der Waals surface area contributed by atoms with Crippen LogP contribution in [0.5, 0.6) is 0 Å². The van der Waals surface area contributed by atoms with Crippen LogP contribution in [0.15, 0.2) is 11.1 Å². The van der Waals surface area contributed by atoms with Crippen LogP contribution in [0.4, 0.5) is 0 Å². The van der Waals surface area contributed by atoms with Crippen molar-refractivity contribution in [2.24, 2.45) is 28.1 Å². The summed E-state index contributed by atoms with van der Waals surface area (Å²) in [6.07, 6.45) is 8.47. The fourth-order valence-corrected chi connectivity index (χ4v) is 6.99. The molecule has 24 heavy (non-hydrogen) atoms. The first-order chi connectivity index (χ1) is 11.2. The van der Waals surface area contributed by atoms with E-state index >= 15 is 0 Å². The van der Waals surface area contributed by atoms with Crippen LogP contribution in [0.1, 0.15) is 72.6 Å². The van der Waals surface area contributed by atoms with Crippen LogP contribution in [-0.4, -0.2) is 19.4 Å². The van der Waals surface area contributed by atoms with E-state index in [2.05, 4.69) is 27.7 Å². The molecule has 3 nitrogen and oxygen atoms in total. The molecule has 3 rings (SSSR count). The van der Waals surface area contributed by atoms with Crippen LogP contribution in [-0.2, 0) is 14.3 Å². The molecule has 2 fully saturated rings. The smallest absolute Gasteiger partial charge is 0.311 e. The van der Waals surface area contributed by atoms with Gasteiger partial charge in [-0.15, -0.1) is 0 Å². The van der Waals surface area contributed by atoms with Crippen molar-refractivity contribution < 1.29 is 14.3 Å². The summed E-state index contributed by atoms with van der Waals surface area (Å²) in [7, 11) is 1.52. The second kappa shape index (κ2) is 5.71. The summed E-state index contributed by atoms with van der Waals surface area (Å²) in [4.78, 5) is 24.5. The molecule has 0 aromatic heterocycles. The van der Waals surface area contributed by atoms with Gasteiger partial charge in [0.15, 0.2) is 0 Å². The molecule has 0 N–H and O–H groups in total. The predicted octanol–water partition coefficient (Wildman–Crippen LogP) is 4.70. The summed E-state index contributed by atoms with van der Waals surface area (Å²) < 4.78 is 5.20. The van der Waals surface area contributed by atoms with E-state index in [0.717, 1.165) is 56.8 Å². The zero-order chi connectivity index (χ0) is 17.8. The van der Waals surface area contributed by atoms with Gasteiger partial charge in [0.05, 0.1) is 12.5 Å². The molecular formula is C21H32O3. The average molecular weight is 332 g/mol. The van der Waals surface area contributed by atoms with Gasteiger partial charge in [-0.25, -0.2) is 0 Å². The minimum Gasteiger partial charge on any atom is -0.469 e. The van der Waals surface area contributed by atoms with Gasteiger partial charge in [0.25, 0.3) is 0 Å². The van der Waals surface area contributed by atoms with Gasteiger partial charge >= 0.3 is 5.97 Å². The highest BCUT2D eigenvalue weighted by Crippen LogP contribution is 2.68. The third-order valence-electron chi connectivity index (χ3n) is 8.15. The van der Waals surface area contributed by atoms with Crippen LogP contribution >= 0.6 is 0 Å². The van der Waals surface area contributed by atoms with Crippen molar-refractivity contribution in [3.8, 4) is 0 Å². The monoisotopic (exact) mass is 332 g/mol. The molecule has 3 aliphatic rings. The minimum atomic E-state index is -0.374. The molecule has 5 atom stereocenters. The Bertz CT molecular complexity index is 592. The summed E-state index contributed by atoms with van der Waals surface area (Å²) in [5, 5.41) is 0. The lowest BCUT2D eigenvalue weighted by Crippen LogP contribution is -2.58. The van der Waals surface area contributed by atoms with Crippen LogP contribution in [0.2, 0.25) is 0 Å². The van der Waals surface area contributed by atoms with E-state index in [-0.39, 0.29) is 22.2 Å². The molecule has 0 amide bonds. The molecule has 0 aromatic rings. The standard InChI is InChI=1S/C21H32O3/c1-14-7-8-16-19(2,15(14)13-22)12-9-17-20(16,3)10-6-11-21(17,4)18(23)24-5/h13,16-17H,6-12H2,1-5H3/t16?,17?,19-,20+,21-/m0/s1. The third kappa shape index (κ3) is 2.16. The van der Waals surface area contributed by atoms with Gasteiger partial charge in [-0.1, -0.05) is 25.8 Å². The van der Waals surface area contributed by atoms with Crippen LogP contribution < -0.4 is 0 Å². The molecule has 0 spiro atoms. The molecular weight excluding hydrogens is 300 g/mol. The molecule has 134 valence electrons. The molecule has 2 unspecified atom stereocenters. The molecule has 0 radical (unpaired) electrons. The Labute approximate surface area is 146 Å². The van der Waals surface area contributed by atoms with Crippen molar-refractivity contribution >= 4 is 12.3 Å². The van der Waals surface area contributed by atoms with Crippen LogP contribution in [0.25, 0.3) is 0 Å². The van der Waals surface area contributed by atoms with Crippen LogP contribution in [0, 0.1) is 28.1 Å². The number of hydrogen-bond donors (Lipinski definition) is 0. The summed E-state index contributed by atoms with van der Waals surface area (Å²) >= 11 is 0. The van der Waals surface area contributed by atoms with E-state index in [9.17, 15) is 9.59 Å². The quantitative estimate of drug-likeness (QED) is 0.544. The number of hydrogen-bond acceptors (Lipinski definition) is 3. The predicted molar refractivity (Wildman–Crippen MR) is 94.4 cm³/mol. The Hall–Kier alpha value is -1.12. The normalized spacial score (nSPS) is 45.2. The number of rotatable bonds is 2. The Morgan fingerprint density at radius 2 is 1.83 bits per heavy atom. The molecule has 0 saturated heterocycles. The maximum Gasteiger partial charge on any atom is 0.311 e. The van der Waals surface area contributed by atoms with Gasteiger partial charge in [0, 0.05) is 0 Å². The molecule has 3 aliphatic carbocycles. The molecule has 2 saturated carbocycles. The maximum atomic E-state index is 12.6. The van der Waals surface area contributed by atoms with Gasteiger partial charge in [-0.2, -0.15) is 0 Å². The largest absolute Gasteiger partial charge is 0.469 e. The number of methoxy groups -OCH3 is 1. The highest BCUT2D eigenvalue weighted by molar-refractivity contribution is 5.78. The Balaban J connectivity index is 2.06. The average Bonchev–Trinajstić information content (AvgIpc) is 2.53. The second-order valence-electron chi connectivity index (χ2n) is 9.18. The third-order valence-corrected chi connectivity index (χ3v) is 8.15. The Morgan fingerprint density at radius 3 is 2.46 bits per heavy atom. The second-order valence-corrected chi connectivity index (χ2v) is 9.18. The van der Waals surface area contributed by atoms with Crippen molar-refractivity contribution in [2.45, 2.75) is 72.6 Å². The highest BCUT2D eigenvalue weighted by Gasteiger charge is 2.62. The van der Waals surface area contributed by atoms with E-state index < -0.39 is 0 Å². The van der Waals surface area contributed by atoms with Crippen molar-refractivity contribution in [3.63, 3.8) is 0 Å². The summed E-state index contributed by atoms with van der Waals surface area (Å²) in [5.74, 6) is 0.799. The number of carbonyl (C=O) groups is 2. The minimum absolute atomic E-state index is 0.0241. The van der Waals surface area contributed by atoms with Crippen LogP contribution in [0.3, 0.4) is 0 Å². The lowest BCUT2D eigenvalue weighted by molar-refractivity contribution is -0.178. The SMILES string of the molecule is COC(=O)[C@@]1(C)CCC[C@]2(C)C3CCC(C)=C(C=O)[C@]3(C)CCC21. The lowest BCUT2D eigenvalue weighted by atomic mass is 9.40. The maximum absolute atomic E-state index is 12.6. The number of fused-ring (bicyclic) bond motifs is 3. The molecule has 3 heteroatoms. The molecule has 0 bridgehead atoms. The Morgan fingerprint density at radius 1 is 1.12 bits per heavy atom. The summed E-state index contributed by atoms with van der Waals surface area (Å²) in [5.41, 5.74) is 2.04. The van der Waals surface area contributed by atoms with Crippen molar-refractivity contribution in [1.82, 2.24) is 0 Å². The van der Waals surface area contributed by atoms with E-state index in [0.29, 0.717) is 11.8 Å². The van der Waals surface area contributed by atoms with E-state index in [4.69, 9.17) is 4.74 Å². The van der Waals surface area contributed by atoms with Gasteiger partial charge < -0.3 is 4.74 Å². The first-order valence-corrected chi connectivity index (χ1v) is 9.48. The fourth-order valence-electron chi connectivity index (χ4n) is 6.99. The molecule has 0 aliphatic heterocycles. The number of esters is 1. The van der Waals surface area contributed by atoms with E-state index in [1.165, 1.54) is 12.7 Å². The number of carbonyl (C=O) groups excluding carboxylic acids is 2. The molecule has 0 heterocycles. The van der Waals surface area contributed by atoms with E-state index in [1.54, 1.807) is 0 Å². The first-order valence-electron chi connectivity index (χ1n) is 9.48. The summed E-state index contributed by atoms with van der Waals surface area (Å²) in [6.45, 7) is 8.94. The fraction of sp³-hybridized carbons (Fsp3) is 0.810. The van der Waals surface area contributed by atoms with E-state index in [1.807, 2.05) is 0 Å². The molecule has 0 aromatic carbocycles. The van der Waals surface area contributed by atoms with Crippen molar-refractivity contribution in [2.75, 3.05) is 7.11 Å². The summed E-state index contributed by atoms with van der Waals surface area (Å²) in [6, 6.07) is 0. The highest BCUT2D eigenvalue weighted by atomic mass is 16.5. The van der Waals surface area contributed by atoms with Gasteiger partial charge in [0.2, 0.25) is 0 Å². The topological polar surface area (TPSA) is 43.4 Å². The zero-order valence-corrected chi connectivity index (χ0v) is 15.9.